The van der Waals surface area contributed by atoms with Crippen LogP contribution in [0, 0.1) is 17.1 Å². The molecule has 37 heavy (non-hydrogen) atoms. The molecule has 0 aliphatic carbocycles. The number of hydrogen-bond acceptors (Lipinski definition) is 6. The Labute approximate surface area is 210 Å². The summed E-state index contributed by atoms with van der Waals surface area (Å²) in [6, 6.07) is 13.7. The van der Waals surface area contributed by atoms with Crippen LogP contribution in [-0.4, -0.2) is 24.9 Å². The average Bonchev–Trinajstić information content (AvgIpc) is 2.79. The SMILES string of the molecule is CC(C)(C)c1cc(-c2ccc(NC(=O)Nc3ccccc3F)cc2)c(C#N)c(OS(=O)(=O)C(F)(F)F)n1. The minimum absolute atomic E-state index is 0.0388. The molecular weight excluding hydrogens is 516 g/mol. The Bertz CT molecular complexity index is 1480. The fraction of sp³-hybridized carbons (Fsp3) is 0.208. The first kappa shape index (κ1) is 27.4. The van der Waals surface area contributed by atoms with E-state index in [0.717, 1.165) is 0 Å². The van der Waals surface area contributed by atoms with Gasteiger partial charge < -0.3 is 14.8 Å². The van der Waals surface area contributed by atoms with Crippen molar-refractivity contribution in [3.63, 3.8) is 0 Å². The number of nitriles is 1. The molecule has 0 bridgehead atoms. The number of nitrogens with zero attached hydrogens (tertiary/aromatic N) is 2. The van der Waals surface area contributed by atoms with Crippen LogP contribution in [0.3, 0.4) is 0 Å². The molecule has 0 saturated heterocycles. The smallest absolute Gasteiger partial charge is 0.354 e. The number of aromatic nitrogens is 1. The first-order valence-electron chi connectivity index (χ1n) is 10.5. The maximum atomic E-state index is 13.7. The Hall–Kier alpha value is -4.18. The van der Waals surface area contributed by atoms with E-state index in [-0.39, 0.29) is 22.6 Å². The van der Waals surface area contributed by atoms with E-state index in [9.17, 15) is 36.0 Å². The second kappa shape index (κ2) is 10.1. The van der Waals surface area contributed by atoms with E-state index in [1.807, 2.05) is 0 Å². The zero-order valence-electron chi connectivity index (χ0n) is 19.6. The van der Waals surface area contributed by atoms with Crippen molar-refractivity contribution in [2.24, 2.45) is 0 Å². The molecule has 3 rings (SSSR count). The molecule has 13 heteroatoms. The number of rotatable bonds is 5. The standard InChI is InChI=1S/C24H20F4N4O4S/c1-23(2,3)20-12-16(17(13-29)21(32-20)36-37(34,35)24(26,27)28)14-8-10-15(11-9-14)30-22(33)31-19-7-5-4-6-18(19)25/h4-12H,1-3H3,(H2,30,31,33). The van der Waals surface area contributed by atoms with Crippen LogP contribution >= 0.6 is 0 Å². The number of urea groups is 1. The maximum Gasteiger partial charge on any atom is 0.534 e. The lowest BCUT2D eigenvalue weighted by Gasteiger charge is -2.21. The van der Waals surface area contributed by atoms with Gasteiger partial charge in [0.25, 0.3) is 5.88 Å². The highest BCUT2D eigenvalue weighted by Crippen LogP contribution is 2.36. The number of para-hydroxylation sites is 1. The Morgan fingerprint density at radius 3 is 2.19 bits per heavy atom. The molecule has 1 aromatic heterocycles. The summed E-state index contributed by atoms with van der Waals surface area (Å²) in [7, 11) is -6.09. The van der Waals surface area contributed by atoms with Crippen LogP contribution in [0.15, 0.2) is 54.6 Å². The van der Waals surface area contributed by atoms with Crippen molar-refractivity contribution in [3.05, 3.63) is 71.7 Å². The van der Waals surface area contributed by atoms with E-state index in [0.29, 0.717) is 5.56 Å². The number of benzene rings is 2. The molecule has 0 aliphatic rings. The second-order valence-corrected chi connectivity index (χ2v) is 10.3. The van der Waals surface area contributed by atoms with Crippen LogP contribution in [0.5, 0.6) is 5.88 Å². The van der Waals surface area contributed by atoms with Gasteiger partial charge in [-0.15, -0.1) is 0 Å². The van der Waals surface area contributed by atoms with Gasteiger partial charge in [0.1, 0.15) is 17.4 Å². The summed E-state index contributed by atoms with van der Waals surface area (Å²) in [5.41, 5.74) is -6.24. The molecule has 2 aromatic carbocycles. The van der Waals surface area contributed by atoms with Crippen LogP contribution in [0.2, 0.25) is 0 Å². The first-order valence-corrected chi connectivity index (χ1v) is 11.9. The van der Waals surface area contributed by atoms with Gasteiger partial charge in [-0.05, 0) is 35.9 Å². The summed E-state index contributed by atoms with van der Waals surface area (Å²) in [4.78, 5) is 16.1. The number of carbonyl (C=O) groups excluding carboxylic acids is 1. The number of nitrogens with one attached hydrogen (secondary N) is 2. The third-order valence-electron chi connectivity index (χ3n) is 4.91. The molecular formula is C24H20F4N4O4S. The molecule has 0 aliphatic heterocycles. The third-order valence-corrected chi connectivity index (χ3v) is 5.86. The molecule has 1 heterocycles. The normalized spacial score (nSPS) is 11.9. The van der Waals surface area contributed by atoms with Gasteiger partial charge in [0.2, 0.25) is 0 Å². The van der Waals surface area contributed by atoms with E-state index in [2.05, 4.69) is 19.8 Å². The molecule has 3 aromatic rings. The Balaban J connectivity index is 1.98. The van der Waals surface area contributed by atoms with Crippen molar-refractivity contribution in [1.29, 1.82) is 5.26 Å². The van der Waals surface area contributed by atoms with Crippen molar-refractivity contribution in [1.82, 2.24) is 4.98 Å². The highest BCUT2D eigenvalue weighted by Gasteiger charge is 2.49. The highest BCUT2D eigenvalue weighted by atomic mass is 32.2. The second-order valence-electron chi connectivity index (χ2n) is 8.72. The predicted octanol–water partition coefficient (Wildman–Crippen LogP) is 5.93. The molecule has 194 valence electrons. The minimum Gasteiger partial charge on any atom is -0.354 e. The highest BCUT2D eigenvalue weighted by molar-refractivity contribution is 7.88. The minimum atomic E-state index is -6.09. The van der Waals surface area contributed by atoms with Gasteiger partial charge in [-0.1, -0.05) is 45.0 Å². The lowest BCUT2D eigenvalue weighted by Crippen LogP contribution is -2.29. The molecule has 0 fully saturated rings. The van der Waals surface area contributed by atoms with Gasteiger partial charge in [-0.25, -0.2) is 14.2 Å². The van der Waals surface area contributed by atoms with Crippen molar-refractivity contribution in [2.45, 2.75) is 31.7 Å². The van der Waals surface area contributed by atoms with E-state index in [4.69, 9.17) is 0 Å². The number of anilines is 2. The van der Waals surface area contributed by atoms with E-state index < -0.39 is 44.3 Å². The summed E-state index contributed by atoms with van der Waals surface area (Å²) in [5.74, 6) is -1.64. The van der Waals surface area contributed by atoms with Crippen molar-refractivity contribution >= 4 is 27.5 Å². The molecule has 8 nitrogen and oxygen atoms in total. The summed E-state index contributed by atoms with van der Waals surface area (Å²) in [6.07, 6.45) is 0. The van der Waals surface area contributed by atoms with Gasteiger partial charge in [0.15, 0.2) is 0 Å². The van der Waals surface area contributed by atoms with Crippen molar-refractivity contribution in [2.75, 3.05) is 10.6 Å². The van der Waals surface area contributed by atoms with Crippen LogP contribution < -0.4 is 14.8 Å². The summed E-state index contributed by atoms with van der Waals surface area (Å²) in [6.45, 7) is 5.07. The zero-order chi connectivity index (χ0) is 27.6. The Morgan fingerprint density at radius 1 is 1.03 bits per heavy atom. The lowest BCUT2D eigenvalue weighted by atomic mass is 9.88. The van der Waals surface area contributed by atoms with E-state index in [1.54, 1.807) is 32.9 Å². The maximum absolute atomic E-state index is 13.7. The molecule has 0 spiro atoms. The Morgan fingerprint density at radius 2 is 1.65 bits per heavy atom. The van der Waals surface area contributed by atoms with Crippen LogP contribution in [-0.2, 0) is 15.5 Å². The topological polar surface area (TPSA) is 121 Å². The van der Waals surface area contributed by atoms with Gasteiger partial charge >= 0.3 is 21.7 Å². The van der Waals surface area contributed by atoms with Crippen molar-refractivity contribution in [3.8, 4) is 23.1 Å². The summed E-state index contributed by atoms with van der Waals surface area (Å²) in [5, 5.41) is 14.5. The first-order chi connectivity index (χ1) is 17.1. The van der Waals surface area contributed by atoms with E-state index in [1.165, 1.54) is 48.5 Å². The van der Waals surface area contributed by atoms with Gasteiger partial charge in [0.05, 0.1) is 11.4 Å². The fourth-order valence-electron chi connectivity index (χ4n) is 3.03. The van der Waals surface area contributed by atoms with Gasteiger partial charge in [-0.2, -0.15) is 26.9 Å². The number of hydrogen-bond donors (Lipinski definition) is 2. The fourth-order valence-corrected chi connectivity index (χ4v) is 3.46. The van der Waals surface area contributed by atoms with Gasteiger partial charge in [0, 0.05) is 16.7 Å². The van der Waals surface area contributed by atoms with Crippen LogP contribution in [0.25, 0.3) is 11.1 Å². The number of halogens is 4. The summed E-state index contributed by atoms with van der Waals surface area (Å²) >= 11 is 0. The molecule has 2 N–H and O–H groups in total. The number of pyridine rings is 1. The quantitative estimate of drug-likeness (QED) is 0.237. The lowest BCUT2D eigenvalue weighted by molar-refractivity contribution is -0.0501. The molecule has 0 saturated carbocycles. The molecule has 0 unspecified atom stereocenters. The number of alkyl halides is 3. The summed E-state index contributed by atoms with van der Waals surface area (Å²) < 4.78 is 80.1. The van der Waals surface area contributed by atoms with Crippen LogP contribution in [0.1, 0.15) is 32.0 Å². The molecule has 0 radical (unpaired) electrons. The third kappa shape index (κ3) is 6.34. The predicted molar refractivity (Wildman–Crippen MR) is 128 cm³/mol. The largest absolute Gasteiger partial charge is 0.534 e. The zero-order valence-corrected chi connectivity index (χ0v) is 20.5. The molecule has 0 atom stereocenters. The van der Waals surface area contributed by atoms with Crippen LogP contribution in [0.4, 0.5) is 33.7 Å². The molecule has 2 amide bonds. The average molecular weight is 537 g/mol. The monoisotopic (exact) mass is 536 g/mol. The number of carbonyl (C=O) groups is 1. The van der Waals surface area contributed by atoms with E-state index >= 15 is 0 Å². The van der Waals surface area contributed by atoms with Crippen molar-refractivity contribution < 1.29 is 35.0 Å². The Kier molecular flexibility index (Phi) is 7.45. The van der Waals surface area contributed by atoms with Gasteiger partial charge in [-0.3, -0.25) is 0 Å². The number of amides is 2.